The Kier molecular flexibility index (Phi) is 5.77. The predicted molar refractivity (Wildman–Crippen MR) is 90.8 cm³/mol. The molecule has 1 aliphatic carbocycles. The van der Waals surface area contributed by atoms with Crippen LogP contribution in [0.1, 0.15) is 24.8 Å². The molecule has 5 nitrogen and oxygen atoms in total. The number of amides is 2. The lowest BCUT2D eigenvalue weighted by Crippen LogP contribution is -2.44. The van der Waals surface area contributed by atoms with Crippen LogP contribution >= 0.6 is 0 Å². The van der Waals surface area contributed by atoms with Gasteiger partial charge in [-0.25, -0.2) is 0 Å². The molecule has 0 saturated heterocycles. The normalized spacial score (nSPS) is 15.3. The van der Waals surface area contributed by atoms with Gasteiger partial charge in [0.05, 0.1) is 0 Å². The van der Waals surface area contributed by atoms with E-state index < -0.39 is 5.41 Å². The average molecular weight is 317 g/mol. The molecule has 1 saturated carbocycles. The second-order valence-electron chi connectivity index (χ2n) is 6.64. The summed E-state index contributed by atoms with van der Waals surface area (Å²) in [5.41, 5.74) is 0.257. The topological polar surface area (TPSA) is 52.7 Å². The number of benzene rings is 1. The van der Waals surface area contributed by atoms with Gasteiger partial charge in [-0.2, -0.15) is 0 Å². The molecule has 0 spiro atoms. The van der Waals surface area contributed by atoms with E-state index in [1.165, 1.54) is 0 Å². The van der Waals surface area contributed by atoms with Crippen LogP contribution in [0.5, 0.6) is 0 Å². The molecule has 23 heavy (non-hydrogen) atoms. The second-order valence-corrected chi connectivity index (χ2v) is 6.64. The SMILES string of the molecule is CN(C)CCCNC(=O)C1(C(=O)N(C)Cc2ccccc2)CC1. The van der Waals surface area contributed by atoms with Crippen molar-refractivity contribution >= 4 is 11.8 Å². The summed E-state index contributed by atoms with van der Waals surface area (Å²) in [6, 6.07) is 9.85. The molecular formula is C18H27N3O2. The van der Waals surface area contributed by atoms with Gasteiger partial charge in [0, 0.05) is 20.1 Å². The Morgan fingerprint density at radius 2 is 1.78 bits per heavy atom. The Balaban J connectivity index is 1.86. The fourth-order valence-corrected chi connectivity index (χ4v) is 2.72. The molecule has 0 aliphatic heterocycles. The predicted octanol–water partition coefficient (Wildman–Crippen LogP) is 1.49. The van der Waals surface area contributed by atoms with E-state index in [0.29, 0.717) is 25.9 Å². The molecule has 126 valence electrons. The number of nitrogens with zero attached hydrogens (tertiary/aromatic N) is 2. The third kappa shape index (κ3) is 4.55. The summed E-state index contributed by atoms with van der Waals surface area (Å²) in [6.07, 6.45) is 2.21. The molecule has 1 fully saturated rings. The highest BCUT2D eigenvalue weighted by molar-refractivity contribution is 6.07. The van der Waals surface area contributed by atoms with Crippen LogP contribution in [-0.4, -0.2) is 55.8 Å². The van der Waals surface area contributed by atoms with E-state index in [1.54, 1.807) is 11.9 Å². The van der Waals surface area contributed by atoms with Gasteiger partial charge in [0.15, 0.2) is 0 Å². The van der Waals surface area contributed by atoms with Gasteiger partial charge in [-0.15, -0.1) is 0 Å². The third-order valence-corrected chi connectivity index (χ3v) is 4.27. The van der Waals surface area contributed by atoms with E-state index in [1.807, 2.05) is 44.4 Å². The highest BCUT2D eigenvalue weighted by Crippen LogP contribution is 2.47. The van der Waals surface area contributed by atoms with Crippen molar-refractivity contribution in [3.05, 3.63) is 35.9 Å². The summed E-state index contributed by atoms with van der Waals surface area (Å²) < 4.78 is 0. The largest absolute Gasteiger partial charge is 0.355 e. The number of carbonyl (C=O) groups excluding carboxylic acids is 2. The number of carbonyl (C=O) groups is 2. The van der Waals surface area contributed by atoms with Gasteiger partial charge in [0.2, 0.25) is 11.8 Å². The van der Waals surface area contributed by atoms with Crippen LogP contribution < -0.4 is 5.32 Å². The van der Waals surface area contributed by atoms with Crippen molar-refractivity contribution in [3.8, 4) is 0 Å². The zero-order valence-electron chi connectivity index (χ0n) is 14.3. The van der Waals surface area contributed by atoms with Crippen molar-refractivity contribution in [1.82, 2.24) is 15.1 Å². The number of hydrogen-bond donors (Lipinski definition) is 1. The van der Waals surface area contributed by atoms with Gasteiger partial charge in [0.25, 0.3) is 0 Å². The van der Waals surface area contributed by atoms with Gasteiger partial charge in [-0.3, -0.25) is 9.59 Å². The van der Waals surface area contributed by atoms with Crippen molar-refractivity contribution in [2.24, 2.45) is 5.41 Å². The molecule has 2 amide bonds. The first-order valence-corrected chi connectivity index (χ1v) is 8.18. The summed E-state index contributed by atoms with van der Waals surface area (Å²) in [7, 11) is 5.78. The fraction of sp³-hybridized carbons (Fsp3) is 0.556. The first-order valence-electron chi connectivity index (χ1n) is 8.18. The van der Waals surface area contributed by atoms with E-state index in [0.717, 1.165) is 18.5 Å². The van der Waals surface area contributed by atoms with Crippen molar-refractivity contribution in [2.45, 2.75) is 25.8 Å². The Bertz CT molecular complexity index is 538. The molecule has 1 aromatic carbocycles. The van der Waals surface area contributed by atoms with E-state index in [9.17, 15) is 9.59 Å². The van der Waals surface area contributed by atoms with Crippen LogP contribution in [0, 0.1) is 5.41 Å². The van der Waals surface area contributed by atoms with E-state index in [2.05, 4.69) is 10.2 Å². The lowest BCUT2D eigenvalue weighted by atomic mass is 10.0. The maximum absolute atomic E-state index is 12.7. The number of rotatable bonds is 8. The molecule has 0 unspecified atom stereocenters. The maximum Gasteiger partial charge on any atom is 0.238 e. The summed E-state index contributed by atoms with van der Waals surface area (Å²) in [5.74, 6) is -0.173. The highest BCUT2D eigenvalue weighted by Gasteiger charge is 2.57. The first-order chi connectivity index (χ1) is 11.0. The Labute approximate surface area is 138 Å². The van der Waals surface area contributed by atoms with Crippen LogP contribution in [-0.2, 0) is 16.1 Å². The number of hydrogen-bond acceptors (Lipinski definition) is 3. The summed E-state index contributed by atoms with van der Waals surface area (Å²) in [6.45, 7) is 2.08. The highest BCUT2D eigenvalue weighted by atomic mass is 16.2. The molecule has 0 atom stereocenters. The van der Waals surface area contributed by atoms with E-state index in [-0.39, 0.29) is 11.8 Å². The molecule has 2 rings (SSSR count). The average Bonchev–Trinajstić information content (AvgIpc) is 3.33. The summed E-state index contributed by atoms with van der Waals surface area (Å²) in [5, 5.41) is 2.93. The molecule has 1 aliphatic rings. The van der Waals surface area contributed by atoms with E-state index in [4.69, 9.17) is 0 Å². The van der Waals surface area contributed by atoms with Crippen LogP contribution in [0.2, 0.25) is 0 Å². The Morgan fingerprint density at radius 3 is 2.35 bits per heavy atom. The van der Waals surface area contributed by atoms with Gasteiger partial charge < -0.3 is 15.1 Å². The maximum atomic E-state index is 12.7. The van der Waals surface area contributed by atoms with Crippen molar-refractivity contribution < 1.29 is 9.59 Å². The molecule has 5 heteroatoms. The molecule has 0 aromatic heterocycles. The zero-order chi connectivity index (χ0) is 16.9. The van der Waals surface area contributed by atoms with Crippen LogP contribution in [0.25, 0.3) is 0 Å². The zero-order valence-corrected chi connectivity index (χ0v) is 14.3. The Morgan fingerprint density at radius 1 is 1.13 bits per heavy atom. The minimum atomic E-state index is -0.818. The molecular weight excluding hydrogens is 290 g/mol. The number of nitrogens with one attached hydrogen (secondary N) is 1. The summed E-state index contributed by atoms with van der Waals surface area (Å²) >= 11 is 0. The smallest absolute Gasteiger partial charge is 0.238 e. The van der Waals surface area contributed by atoms with Crippen molar-refractivity contribution in [2.75, 3.05) is 34.2 Å². The molecule has 0 radical (unpaired) electrons. The molecule has 0 heterocycles. The summed E-state index contributed by atoms with van der Waals surface area (Å²) in [4.78, 5) is 28.8. The quantitative estimate of drug-likeness (QED) is 0.584. The minimum absolute atomic E-state index is 0.0635. The van der Waals surface area contributed by atoms with Crippen molar-refractivity contribution in [3.63, 3.8) is 0 Å². The first kappa shape index (κ1) is 17.5. The molecule has 0 bridgehead atoms. The van der Waals surface area contributed by atoms with Gasteiger partial charge in [-0.05, 0) is 45.5 Å². The van der Waals surface area contributed by atoms with E-state index >= 15 is 0 Å². The fourth-order valence-electron chi connectivity index (χ4n) is 2.72. The Hall–Kier alpha value is -1.88. The van der Waals surface area contributed by atoms with Crippen LogP contribution in [0.3, 0.4) is 0 Å². The van der Waals surface area contributed by atoms with Gasteiger partial charge >= 0.3 is 0 Å². The standard InChI is InChI=1S/C18H27N3O2/c1-20(2)13-7-12-19-16(22)18(10-11-18)17(23)21(3)14-15-8-5-4-6-9-15/h4-6,8-9H,7,10-14H2,1-3H3,(H,19,22). The van der Waals surface area contributed by atoms with Gasteiger partial charge in [-0.1, -0.05) is 30.3 Å². The van der Waals surface area contributed by atoms with Gasteiger partial charge in [0.1, 0.15) is 5.41 Å². The minimum Gasteiger partial charge on any atom is -0.355 e. The monoisotopic (exact) mass is 317 g/mol. The van der Waals surface area contributed by atoms with Crippen molar-refractivity contribution in [1.29, 1.82) is 0 Å². The lowest BCUT2D eigenvalue weighted by Gasteiger charge is -2.23. The second kappa shape index (κ2) is 7.59. The lowest BCUT2D eigenvalue weighted by molar-refractivity contribution is -0.143. The third-order valence-electron chi connectivity index (χ3n) is 4.27. The molecule has 1 N–H and O–H groups in total. The van der Waals surface area contributed by atoms with Crippen LogP contribution in [0.15, 0.2) is 30.3 Å². The molecule has 1 aromatic rings. The van der Waals surface area contributed by atoms with Crippen LogP contribution in [0.4, 0.5) is 0 Å².